The molecule has 0 fully saturated rings. The molecule has 2 aromatic heterocycles. The van der Waals surface area contributed by atoms with Crippen LogP contribution in [-0.2, 0) is 13.0 Å². The Morgan fingerprint density at radius 3 is 2.61 bits per heavy atom. The first-order chi connectivity index (χ1) is 13.5. The summed E-state index contributed by atoms with van der Waals surface area (Å²) in [7, 11) is 0. The molecule has 0 atom stereocenters. The number of benzene rings is 1. The van der Waals surface area contributed by atoms with Crippen molar-refractivity contribution in [2.75, 3.05) is 6.54 Å². The van der Waals surface area contributed by atoms with E-state index in [4.69, 9.17) is 0 Å². The number of hydrogen-bond donors (Lipinski definition) is 1. The second-order valence-corrected chi connectivity index (χ2v) is 7.87. The second kappa shape index (κ2) is 7.24. The molecule has 1 aliphatic rings. The minimum Gasteiger partial charge on any atom is -0.501 e. The van der Waals surface area contributed by atoms with Gasteiger partial charge >= 0.3 is 5.56 Å². The van der Waals surface area contributed by atoms with Crippen molar-refractivity contribution in [1.82, 2.24) is 14.5 Å². The van der Waals surface area contributed by atoms with Crippen molar-refractivity contribution in [3.05, 3.63) is 68.5 Å². The zero-order valence-electron chi connectivity index (χ0n) is 15.8. The van der Waals surface area contributed by atoms with E-state index in [-0.39, 0.29) is 17.6 Å². The van der Waals surface area contributed by atoms with Gasteiger partial charge in [0.2, 0.25) is 5.75 Å². The van der Waals surface area contributed by atoms with Crippen LogP contribution in [0.2, 0.25) is 0 Å². The molecule has 6 nitrogen and oxygen atoms in total. The van der Waals surface area contributed by atoms with E-state index in [0.717, 1.165) is 16.7 Å². The van der Waals surface area contributed by atoms with Crippen LogP contribution in [-0.4, -0.2) is 38.1 Å². The Hall–Kier alpha value is -2.93. The molecule has 3 heterocycles. The van der Waals surface area contributed by atoms with E-state index in [9.17, 15) is 14.7 Å². The monoisotopic (exact) mass is 395 g/mol. The van der Waals surface area contributed by atoms with Gasteiger partial charge in [0.1, 0.15) is 5.82 Å². The predicted molar refractivity (Wildman–Crippen MR) is 109 cm³/mol. The molecule has 7 heteroatoms. The number of hydrogen-bond acceptors (Lipinski definition) is 5. The van der Waals surface area contributed by atoms with E-state index < -0.39 is 11.3 Å². The van der Waals surface area contributed by atoms with E-state index >= 15 is 0 Å². The molecule has 0 spiro atoms. The molecular weight excluding hydrogens is 374 g/mol. The van der Waals surface area contributed by atoms with Gasteiger partial charge in [0.15, 0.2) is 5.69 Å². The molecule has 1 aromatic carbocycles. The van der Waals surface area contributed by atoms with E-state index in [1.54, 1.807) is 20.8 Å². The maximum absolute atomic E-state index is 12.9. The Morgan fingerprint density at radius 2 is 1.89 bits per heavy atom. The van der Waals surface area contributed by atoms with Gasteiger partial charge in [0, 0.05) is 25.6 Å². The molecule has 1 amide bonds. The molecule has 0 unspecified atom stereocenters. The number of aromatic hydroxyl groups is 1. The predicted octanol–water partition coefficient (Wildman–Crippen LogP) is 3.13. The minimum atomic E-state index is -0.753. The van der Waals surface area contributed by atoms with Crippen LogP contribution in [0.5, 0.6) is 5.75 Å². The zero-order chi connectivity index (χ0) is 19.8. The zero-order valence-corrected chi connectivity index (χ0v) is 16.6. The van der Waals surface area contributed by atoms with Gasteiger partial charge in [-0.3, -0.25) is 9.59 Å². The molecular formula is C21H21N3O3S. The maximum atomic E-state index is 12.9. The van der Waals surface area contributed by atoms with E-state index in [2.05, 4.69) is 10.4 Å². The highest BCUT2D eigenvalue weighted by Gasteiger charge is 2.32. The molecule has 1 N–H and O–H groups in total. The Balaban J connectivity index is 1.78. The van der Waals surface area contributed by atoms with Gasteiger partial charge < -0.3 is 14.6 Å². The number of rotatable bonds is 4. The number of carbonyl (C=O) groups is 1. The summed E-state index contributed by atoms with van der Waals surface area (Å²) in [5, 5.41) is 14.4. The van der Waals surface area contributed by atoms with Crippen molar-refractivity contribution in [1.29, 1.82) is 0 Å². The second-order valence-electron chi connectivity index (χ2n) is 7.13. The first kappa shape index (κ1) is 18.4. The summed E-state index contributed by atoms with van der Waals surface area (Å²) in [5.74, 6) is -0.383. The van der Waals surface area contributed by atoms with Crippen molar-refractivity contribution in [3.63, 3.8) is 0 Å². The lowest BCUT2D eigenvalue weighted by atomic mass is 10.0. The number of nitrogens with zero attached hydrogens (tertiary/aromatic N) is 3. The Labute approximate surface area is 166 Å². The van der Waals surface area contributed by atoms with E-state index in [1.165, 1.54) is 0 Å². The highest BCUT2D eigenvalue weighted by atomic mass is 32.1. The Bertz CT molecular complexity index is 1090. The lowest BCUT2D eigenvalue weighted by Gasteiger charge is -2.33. The van der Waals surface area contributed by atoms with Crippen molar-refractivity contribution in [3.8, 4) is 16.9 Å². The molecule has 0 saturated heterocycles. The molecule has 0 saturated carbocycles. The lowest BCUT2D eigenvalue weighted by Crippen LogP contribution is -2.46. The normalized spacial score (nSPS) is 13.8. The van der Waals surface area contributed by atoms with Crippen LogP contribution in [0, 0.1) is 0 Å². The average Bonchev–Trinajstić information content (AvgIpc) is 3.14. The van der Waals surface area contributed by atoms with Gasteiger partial charge in [0.25, 0.3) is 5.91 Å². The van der Waals surface area contributed by atoms with Crippen molar-refractivity contribution >= 4 is 17.2 Å². The van der Waals surface area contributed by atoms with Crippen LogP contribution in [0.1, 0.15) is 35.7 Å². The van der Waals surface area contributed by atoms with E-state index in [0.29, 0.717) is 25.3 Å². The molecule has 4 rings (SSSR count). The summed E-state index contributed by atoms with van der Waals surface area (Å²) in [4.78, 5) is 30.9. The highest BCUT2D eigenvalue weighted by molar-refractivity contribution is 7.08. The summed E-state index contributed by atoms with van der Waals surface area (Å²) >= 11 is 1.59. The summed E-state index contributed by atoms with van der Waals surface area (Å²) in [6, 6.07) is 10.0. The maximum Gasteiger partial charge on any atom is 0.315 e. The largest absolute Gasteiger partial charge is 0.501 e. The summed E-state index contributed by atoms with van der Waals surface area (Å²) in [6.45, 7) is 4.86. The van der Waals surface area contributed by atoms with Crippen molar-refractivity contribution in [2.24, 2.45) is 0 Å². The van der Waals surface area contributed by atoms with Crippen LogP contribution >= 0.6 is 11.3 Å². The first-order valence-electron chi connectivity index (χ1n) is 9.21. The summed E-state index contributed by atoms with van der Waals surface area (Å²) in [6.07, 6.45) is 0.422. The van der Waals surface area contributed by atoms with Gasteiger partial charge in [-0.25, -0.2) is 0 Å². The van der Waals surface area contributed by atoms with Gasteiger partial charge in [0.05, 0.1) is 0 Å². The van der Waals surface area contributed by atoms with Crippen molar-refractivity contribution in [2.45, 2.75) is 32.9 Å². The minimum absolute atomic E-state index is 0.00563. The number of thiophene rings is 1. The van der Waals surface area contributed by atoms with Gasteiger partial charge in [-0.05, 0) is 41.3 Å². The quantitative estimate of drug-likeness (QED) is 0.736. The topological polar surface area (TPSA) is 75.4 Å². The number of carbonyl (C=O) groups excluding carboxylic acids is 1. The molecule has 144 valence electrons. The third-order valence-electron chi connectivity index (χ3n) is 5.07. The van der Waals surface area contributed by atoms with Crippen molar-refractivity contribution < 1.29 is 9.90 Å². The number of fused-ring (bicyclic) bond motifs is 1. The van der Waals surface area contributed by atoms with Crippen LogP contribution < -0.4 is 5.56 Å². The van der Waals surface area contributed by atoms with Gasteiger partial charge in [-0.1, -0.05) is 30.3 Å². The summed E-state index contributed by atoms with van der Waals surface area (Å²) in [5.41, 5.74) is 2.53. The Morgan fingerprint density at radius 1 is 1.14 bits per heavy atom. The summed E-state index contributed by atoms with van der Waals surface area (Å²) < 4.78 is 1.70. The van der Waals surface area contributed by atoms with Crippen LogP contribution in [0.25, 0.3) is 11.1 Å². The van der Waals surface area contributed by atoms with Gasteiger partial charge in [-0.15, -0.1) is 0 Å². The van der Waals surface area contributed by atoms with Crippen LogP contribution in [0.3, 0.4) is 0 Å². The molecule has 3 aromatic rings. The first-order valence-corrected chi connectivity index (χ1v) is 10.2. The molecule has 0 aliphatic carbocycles. The average molecular weight is 395 g/mol. The fraction of sp³-hybridized carbons (Fsp3) is 0.286. The molecule has 28 heavy (non-hydrogen) atoms. The van der Waals surface area contributed by atoms with Crippen LogP contribution in [0.15, 0.2) is 45.9 Å². The van der Waals surface area contributed by atoms with Gasteiger partial charge in [-0.2, -0.15) is 16.3 Å². The number of aromatic nitrogens is 2. The smallest absolute Gasteiger partial charge is 0.315 e. The molecule has 1 aliphatic heterocycles. The molecule has 0 radical (unpaired) electrons. The highest BCUT2D eigenvalue weighted by Crippen LogP contribution is 2.30. The van der Waals surface area contributed by atoms with E-state index in [1.807, 2.05) is 49.6 Å². The SMILES string of the molecule is CC(C)N1CCn2c(Cc3cscc3-c3ccccc3)nc(=O)c(O)c2C1=O. The third kappa shape index (κ3) is 3.11. The third-order valence-corrected chi connectivity index (χ3v) is 5.86. The standard InChI is InChI=1S/C21H21N3O3S/c1-13(2)23-8-9-24-17(22-20(26)19(25)18(24)21(23)27)10-15-11-28-12-16(15)14-6-4-3-5-7-14/h3-7,11-13,25H,8-10H2,1-2H3. The van der Waals surface area contributed by atoms with Crippen LogP contribution in [0.4, 0.5) is 0 Å². The molecule has 0 bridgehead atoms. The number of amides is 1. The fourth-order valence-corrected chi connectivity index (χ4v) is 4.49. The fourth-order valence-electron chi connectivity index (χ4n) is 3.62. The lowest BCUT2D eigenvalue weighted by molar-refractivity contribution is 0.0638. The Kier molecular flexibility index (Phi) is 4.77.